The van der Waals surface area contributed by atoms with Crippen LogP contribution < -0.4 is 5.73 Å². The Morgan fingerprint density at radius 1 is 1.11 bits per heavy atom. The Morgan fingerprint density at radius 2 is 1.83 bits per heavy atom. The van der Waals surface area contributed by atoms with E-state index in [0.29, 0.717) is 12.0 Å². The Balaban J connectivity index is 2.08. The third-order valence-corrected chi connectivity index (χ3v) is 4.53. The summed E-state index contributed by atoms with van der Waals surface area (Å²) in [5.74, 6) is 1.48. The first-order valence-electron chi connectivity index (χ1n) is 7.59. The van der Waals surface area contributed by atoms with Crippen molar-refractivity contribution in [2.24, 2.45) is 11.7 Å². The Labute approximate surface area is 112 Å². The van der Waals surface area contributed by atoms with E-state index < -0.39 is 0 Å². The lowest BCUT2D eigenvalue weighted by atomic mass is 9.73. The van der Waals surface area contributed by atoms with Crippen LogP contribution in [0.25, 0.3) is 0 Å². The number of hydrogen-bond donors (Lipinski definition) is 1. The monoisotopic (exact) mass is 245 g/mol. The number of benzene rings is 1. The summed E-state index contributed by atoms with van der Waals surface area (Å²) < 4.78 is 0. The van der Waals surface area contributed by atoms with Crippen molar-refractivity contribution >= 4 is 0 Å². The zero-order valence-electron chi connectivity index (χ0n) is 11.9. The normalized spacial score (nSPS) is 28.3. The Hall–Kier alpha value is -0.820. The summed E-state index contributed by atoms with van der Waals surface area (Å²) in [6.45, 7) is 4.50. The van der Waals surface area contributed by atoms with Crippen LogP contribution in [-0.4, -0.2) is 6.04 Å². The number of hydrogen-bond acceptors (Lipinski definition) is 1. The van der Waals surface area contributed by atoms with Crippen molar-refractivity contribution in [1.29, 1.82) is 0 Å². The number of nitrogens with two attached hydrogens (primary N) is 1. The summed E-state index contributed by atoms with van der Waals surface area (Å²) >= 11 is 0. The molecule has 0 heterocycles. The number of aryl methyl sites for hydroxylation is 1. The lowest BCUT2D eigenvalue weighted by Crippen LogP contribution is -2.34. The molecule has 1 aliphatic rings. The van der Waals surface area contributed by atoms with Gasteiger partial charge in [0.25, 0.3) is 0 Å². The first-order chi connectivity index (χ1) is 8.74. The predicted octanol–water partition coefficient (Wildman–Crippen LogP) is 4.26. The highest BCUT2D eigenvalue weighted by atomic mass is 14.7. The Morgan fingerprint density at radius 3 is 2.44 bits per heavy atom. The molecule has 0 aliphatic heterocycles. The molecule has 0 saturated heterocycles. The Bertz CT molecular complexity index is 354. The van der Waals surface area contributed by atoms with Crippen LogP contribution in [0.3, 0.4) is 0 Å². The summed E-state index contributed by atoms with van der Waals surface area (Å²) in [6, 6.07) is 9.51. The fraction of sp³-hybridized carbons (Fsp3) is 0.647. The van der Waals surface area contributed by atoms with Crippen LogP contribution in [0.2, 0.25) is 0 Å². The highest BCUT2D eigenvalue weighted by Gasteiger charge is 2.28. The van der Waals surface area contributed by atoms with Crippen LogP contribution in [-0.2, 0) is 6.42 Å². The average Bonchev–Trinajstić information content (AvgIpc) is 2.41. The molecule has 0 radical (unpaired) electrons. The third-order valence-electron chi connectivity index (χ3n) is 4.53. The van der Waals surface area contributed by atoms with Crippen LogP contribution in [0.4, 0.5) is 0 Å². The molecule has 1 saturated carbocycles. The van der Waals surface area contributed by atoms with Gasteiger partial charge in [0.2, 0.25) is 0 Å². The fourth-order valence-corrected chi connectivity index (χ4v) is 3.34. The van der Waals surface area contributed by atoms with Crippen molar-refractivity contribution in [3.8, 4) is 0 Å². The fourth-order valence-electron chi connectivity index (χ4n) is 3.34. The summed E-state index contributed by atoms with van der Waals surface area (Å²) in [6.07, 6.45) is 7.62. The van der Waals surface area contributed by atoms with Crippen molar-refractivity contribution < 1.29 is 0 Å². The molecule has 0 aromatic heterocycles. The van der Waals surface area contributed by atoms with E-state index in [-0.39, 0.29) is 0 Å². The molecule has 0 spiro atoms. The van der Waals surface area contributed by atoms with Crippen molar-refractivity contribution in [2.45, 2.75) is 64.3 Å². The van der Waals surface area contributed by atoms with E-state index in [4.69, 9.17) is 5.73 Å². The van der Waals surface area contributed by atoms with E-state index in [1.54, 1.807) is 0 Å². The molecule has 1 aromatic carbocycles. The van der Waals surface area contributed by atoms with Gasteiger partial charge in [0, 0.05) is 6.04 Å². The lowest BCUT2D eigenvalue weighted by molar-refractivity contribution is 0.274. The van der Waals surface area contributed by atoms with Crippen molar-refractivity contribution in [2.75, 3.05) is 0 Å². The van der Waals surface area contributed by atoms with Gasteiger partial charge in [-0.3, -0.25) is 0 Å². The minimum absolute atomic E-state index is 0.366. The zero-order chi connectivity index (χ0) is 13.0. The van der Waals surface area contributed by atoms with E-state index >= 15 is 0 Å². The maximum absolute atomic E-state index is 6.34. The smallest absolute Gasteiger partial charge is 0.0108 e. The van der Waals surface area contributed by atoms with Crippen LogP contribution >= 0.6 is 0 Å². The summed E-state index contributed by atoms with van der Waals surface area (Å²) in [4.78, 5) is 0. The van der Waals surface area contributed by atoms with Gasteiger partial charge in [-0.05, 0) is 48.6 Å². The lowest BCUT2D eigenvalue weighted by Gasteiger charge is -2.34. The molecule has 0 bridgehead atoms. The van der Waals surface area contributed by atoms with Crippen LogP contribution in [0, 0.1) is 5.92 Å². The third kappa shape index (κ3) is 3.14. The van der Waals surface area contributed by atoms with Gasteiger partial charge in [-0.2, -0.15) is 0 Å². The van der Waals surface area contributed by atoms with E-state index in [0.717, 1.165) is 12.3 Å². The van der Waals surface area contributed by atoms with Gasteiger partial charge >= 0.3 is 0 Å². The maximum Gasteiger partial charge on any atom is 0.0108 e. The van der Waals surface area contributed by atoms with Crippen molar-refractivity contribution in [3.63, 3.8) is 0 Å². The summed E-state index contributed by atoms with van der Waals surface area (Å²) in [5.41, 5.74) is 9.22. The van der Waals surface area contributed by atoms with E-state index in [2.05, 4.69) is 38.1 Å². The minimum Gasteiger partial charge on any atom is -0.327 e. The molecule has 2 rings (SSSR count). The SMILES string of the molecule is CCCC1CCC(N)C(c2ccc(CC)cc2)C1. The van der Waals surface area contributed by atoms with E-state index in [1.165, 1.54) is 43.2 Å². The van der Waals surface area contributed by atoms with Gasteiger partial charge in [-0.1, -0.05) is 51.0 Å². The number of rotatable bonds is 4. The van der Waals surface area contributed by atoms with Gasteiger partial charge in [-0.25, -0.2) is 0 Å². The van der Waals surface area contributed by atoms with Crippen molar-refractivity contribution in [3.05, 3.63) is 35.4 Å². The highest BCUT2D eigenvalue weighted by Crippen LogP contribution is 2.37. The second-order valence-corrected chi connectivity index (χ2v) is 5.83. The molecular weight excluding hydrogens is 218 g/mol. The quantitative estimate of drug-likeness (QED) is 0.842. The first-order valence-corrected chi connectivity index (χ1v) is 7.59. The molecule has 1 aromatic rings. The molecule has 1 fully saturated rings. The van der Waals surface area contributed by atoms with E-state index in [9.17, 15) is 0 Å². The molecular formula is C17H27N. The highest BCUT2D eigenvalue weighted by molar-refractivity contribution is 5.27. The second kappa shape index (κ2) is 6.38. The molecule has 2 N–H and O–H groups in total. The zero-order valence-corrected chi connectivity index (χ0v) is 11.9. The van der Waals surface area contributed by atoms with Gasteiger partial charge < -0.3 is 5.73 Å². The largest absolute Gasteiger partial charge is 0.327 e. The predicted molar refractivity (Wildman–Crippen MR) is 78.8 cm³/mol. The molecule has 3 atom stereocenters. The van der Waals surface area contributed by atoms with Crippen LogP contribution in [0.1, 0.15) is 63.0 Å². The first kappa shape index (κ1) is 13.6. The maximum atomic E-state index is 6.34. The molecule has 100 valence electrons. The minimum atomic E-state index is 0.366. The van der Waals surface area contributed by atoms with Crippen molar-refractivity contribution in [1.82, 2.24) is 0 Å². The van der Waals surface area contributed by atoms with Crippen LogP contribution in [0.5, 0.6) is 0 Å². The Kier molecular flexibility index (Phi) is 4.82. The van der Waals surface area contributed by atoms with Gasteiger partial charge in [0.15, 0.2) is 0 Å². The van der Waals surface area contributed by atoms with E-state index in [1.807, 2.05) is 0 Å². The molecule has 18 heavy (non-hydrogen) atoms. The summed E-state index contributed by atoms with van der Waals surface area (Å²) in [7, 11) is 0. The van der Waals surface area contributed by atoms with Crippen LogP contribution in [0.15, 0.2) is 24.3 Å². The van der Waals surface area contributed by atoms with Gasteiger partial charge in [0.05, 0.1) is 0 Å². The van der Waals surface area contributed by atoms with Gasteiger partial charge in [0.1, 0.15) is 0 Å². The van der Waals surface area contributed by atoms with Gasteiger partial charge in [-0.15, -0.1) is 0 Å². The molecule has 1 aliphatic carbocycles. The topological polar surface area (TPSA) is 26.0 Å². The average molecular weight is 245 g/mol. The second-order valence-electron chi connectivity index (χ2n) is 5.83. The molecule has 1 heteroatoms. The molecule has 3 unspecified atom stereocenters. The summed E-state index contributed by atoms with van der Waals surface area (Å²) in [5, 5.41) is 0. The molecule has 0 amide bonds. The molecule has 1 nitrogen and oxygen atoms in total. The standard InChI is InChI=1S/C17H27N/c1-3-5-14-8-11-17(18)16(12-14)15-9-6-13(4-2)7-10-15/h6-7,9-10,14,16-17H,3-5,8,11-12,18H2,1-2H3.